The van der Waals surface area contributed by atoms with Gasteiger partial charge in [0.2, 0.25) is 0 Å². The van der Waals surface area contributed by atoms with Gasteiger partial charge in [-0.1, -0.05) is 12.1 Å². The number of ether oxygens (including phenoxy) is 1. The fourth-order valence-electron chi connectivity index (χ4n) is 3.61. The van der Waals surface area contributed by atoms with E-state index in [2.05, 4.69) is 5.32 Å². The Morgan fingerprint density at radius 2 is 2.03 bits per heavy atom. The van der Waals surface area contributed by atoms with E-state index in [1.165, 1.54) is 12.1 Å². The number of carbonyl (C=O) groups is 1. The molecule has 154 valence electrons. The highest BCUT2D eigenvalue weighted by Gasteiger charge is 2.30. The zero-order valence-electron chi connectivity index (χ0n) is 15.9. The third kappa shape index (κ3) is 4.33. The predicted octanol–water partition coefficient (Wildman–Crippen LogP) is 4.99. The third-order valence-electron chi connectivity index (χ3n) is 5.08. The Bertz CT molecular complexity index is 1020. The van der Waals surface area contributed by atoms with E-state index in [-0.39, 0.29) is 12.0 Å². The van der Waals surface area contributed by atoms with Crippen molar-refractivity contribution in [3.05, 3.63) is 58.1 Å². The van der Waals surface area contributed by atoms with Gasteiger partial charge >= 0.3 is 6.18 Å². The maximum atomic E-state index is 12.8. The molecule has 0 aliphatic carbocycles. The third-order valence-corrected chi connectivity index (χ3v) is 6.07. The molecule has 2 aromatic heterocycles. The molecule has 4 rings (SSSR count). The molecule has 1 N–H and O–H groups in total. The molecule has 8 heteroatoms. The molecule has 0 unspecified atom stereocenters. The van der Waals surface area contributed by atoms with Crippen LogP contribution in [0, 0.1) is 6.92 Å². The maximum Gasteiger partial charge on any atom is 0.416 e. The fourth-order valence-corrected chi connectivity index (χ4v) is 4.57. The largest absolute Gasteiger partial charge is 0.416 e. The standard InChI is InChI=1S/C21H21F3N2O2S/c1-13-9-17-19(29-13)10-18(20(27)25-11-16-3-2-8-28-16)26(17)12-14-4-6-15(7-5-14)21(22,23)24/h4-7,9-10,16H,2-3,8,11-12H2,1H3,(H,25,27)/t16-/m1/s1. The van der Waals surface area contributed by atoms with Gasteiger partial charge in [-0.3, -0.25) is 4.79 Å². The number of nitrogens with one attached hydrogen (secondary N) is 1. The first-order valence-electron chi connectivity index (χ1n) is 9.47. The molecular weight excluding hydrogens is 401 g/mol. The van der Waals surface area contributed by atoms with Crippen LogP contribution in [-0.4, -0.2) is 29.7 Å². The van der Waals surface area contributed by atoms with Gasteiger partial charge in [0.1, 0.15) is 5.69 Å². The molecule has 1 saturated heterocycles. The lowest BCUT2D eigenvalue weighted by Gasteiger charge is -2.14. The molecule has 1 aliphatic rings. The minimum absolute atomic E-state index is 0.0423. The number of amides is 1. The monoisotopic (exact) mass is 422 g/mol. The van der Waals surface area contributed by atoms with Crippen LogP contribution in [0.3, 0.4) is 0 Å². The Kier molecular flexibility index (Phi) is 5.40. The topological polar surface area (TPSA) is 43.3 Å². The number of aromatic nitrogens is 1. The second-order valence-corrected chi connectivity index (χ2v) is 8.55. The summed E-state index contributed by atoms with van der Waals surface area (Å²) in [6.45, 7) is 3.49. The summed E-state index contributed by atoms with van der Waals surface area (Å²) in [5, 5.41) is 2.93. The van der Waals surface area contributed by atoms with Gasteiger partial charge in [0, 0.05) is 24.6 Å². The smallest absolute Gasteiger partial charge is 0.376 e. The number of thiophene rings is 1. The first-order chi connectivity index (χ1) is 13.8. The van der Waals surface area contributed by atoms with Crippen molar-refractivity contribution < 1.29 is 22.7 Å². The second kappa shape index (κ2) is 7.84. The molecule has 1 aliphatic heterocycles. The molecule has 0 saturated carbocycles. The molecule has 29 heavy (non-hydrogen) atoms. The van der Waals surface area contributed by atoms with Gasteiger partial charge in [-0.25, -0.2) is 0 Å². The van der Waals surface area contributed by atoms with Crippen molar-refractivity contribution in [2.45, 2.75) is 38.6 Å². The lowest BCUT2D eigenvalue weighted by molar-refractivity contribution is -0.137. The van der Waals surface area contributed by atoms with Crippen molar-refractivity contribution in [1.82, 2.24) is 9.88 Å². The molecular formula is C21H21F3N2O2S. The summed E-state index contributed by atoms with van der Waals surface area (Å²) in [6.07, 6.45) is -2.39. The van der Waals surface area contributed by atoms with Crippen LogP contribution in [0.25, 0.3) is 10.2 Å². The van der Waals surface area contributed by atoms with Crippen LogP contribution in [0.5, 0.6) is 0 Å². The Hall–Kier alpha value is -2.32. The van der Waals surface area contributed by atoms with Gasteiger partial charge in [-0.2, -0.15) is 13.2 Å². The molecule has 4 nitrogen and oxygen atoms in total. The number of hydrogen-bond donors (Lipinski definition) is 1. The summed E-state index contributed by atoms with van der Waals surface area (Å²) >= 11 is 1.59. The van der Waals surface area contributed by atoms with E-state index in [0.717, 1.165) is 46.7 Å². The van der Waals surface area contributed by atoms with Crippen LogP contribution >= 0.6 is 11.3 Å². The average molecular weight is 422 g/mol. The van der Waals surface area contributed by atoms with Crippen LogP contribution in [0.2, 0.25) is 0 Å². The van der Waals surface area contributed by atoms with E-state index in [1.807, 2.05) is 23.6 Å². The summed E-state index contributed by atoms with van der Waals surface area (Å²) in [7, 11) is 0. The van der Waals surface area contributed by atoms with Crippen LogP contribution in [-0.2, 0) is 17.5 Å². The van der Waals surface area contributed by atoms with Crippen LogP contribution in [0.1, 0.15) is 39.3 Å². The number of rotatable bonds is 5. The predicted molar refractivity (Wildman–Crippen MR) is 106 cm³/mol. The van der Waals surface area contributed by atoms with E-state index < -0.39 is 11.7 Å². The van der Waals surface area contributed by atoms with Crippen molar-refractivity contribution in [1.29, 1.82) is 0 Å². The van der Waals surface area contributed by atoms with Crippen molar-refractivity contribution in [3.8, 4) is 0 Å². The molecule has 0 bridgehead atoms. The minimum atomic E-state index is -4.36. The molecule has 1 atom stereocenters. The summed E-state index contributed by atoms with van der Waals surface area (Å²) in [5.74, 6) is -0.200. The molecule has 1 amide bonds. The number of alkyl halides is 3. The van der Waals surface area contributed by atoms with Crippen LogP contribution in [0.15, 0.2) is 36.4 Å². The maximum absolute atomic E-state index is 12.8. The Balaban J connectivity index is 1.59. The molecule has 3 heterocycles. The van der Waals surface area contributed by atoms with E-state index in [4.69, 9.17) is 4.74 Å². The lowest BCUT2D eigenvalue weighted by Crippen LogP contribution is -2.33. The van der Waals surface area contributed by atoms with Crippen LogP contribution < -0.4 is 5.32 Å². The Morgan fingerprint density at radius 1 is 1.28 bits per heavy atom. The van der Waals surface area contributed by atoms with Gasteiger partial charge in [0.15, 0.2) is 0 Å². The molecule has 0 radical (unpaired) electrons. The highest BCUT2D eigenvalue weighted by molar-refractivity contribution is 7.19. The minimum Gasteiger partial charge on any atom is -0.376 e. The Morgan fingerprint density at radius 3 is 2.69 bits per heavy atom. The summed E-state index contributed by atoms with van der Waals surface area (Å²) in [6, 6.07) is 8.92. The molecule has 1 fully saturated rings. The number of aryl methyl sites for hydroxylation is 1. The molecule has 0 spiro atoms. The highest BCUT2D eigenvalue weighted by atomic mass is 32.1. The number of carbonyl (C=O) groups excluding carboxylic acids is 1. The van der Waals surface area contributed by atoms with E-state index in [0.29, 0.717) is 24.3 Å². The zero-order chi connectivity index (χ0) is 20.6. The van der Waals surface area contributed by atoms with E-state index in [9.17, 15) is 18.0 Å². The highest BCUT2D eigenvalue weighted by Crippen LogP contribution is 2.31. The normalized spacial score (nSPS) is 17.2. The number of fused-ring (bicyclic) bond motifs is 1. The van der Waals surface area contributed by atoms with Gasteiger partial charge in [-0.15, -0.1) is 11.3 Å². The summed E-state index contributed by atoms with van der Waals surface area (Å²) in [5.41, 5.74) is 1.44. The molecule has 1 aromatic carbocycles. The first-order valence-corrected chi connectivity index (χ1v) is 10.3. The first kappa shape index (κ1) is 20.0. The lowest BCUT2D eigenvalue weighted by atomic mass is 10.1. The van der Waals surface area contributed by atoms with Crippen molar-refractivity contribution in [3.63, 3.8) is 0 Å². The van der Waals surface area contributed by atoms with Crippen molar-refractivity contribution in [2.75, 3.05) is 13.2 Å². The Labute approximate surface area is 170 Å². The van der Waals surface area contributed by atoms with Gasteiger partial charge in [-0.05, 0) is 49.6 Å². The SMILES string of the molecule is Cc1cc2c(cc(C(=O)NC[C@H]3CCCO3)n2Cc2ccc(C(F)(F)F)cc2)s1. The number of hydrogen-bond acceptors (Lipinski definition) is 3. The number of benzene rings is 1. The van der Waals surface area contributed by atoms with E-state index in [1.54, 1.807) is 11.3 Å². The second-order valence-electron chi connectivity index (χ2n) is 7.26. The average Bonchev–Trinajstić information content (AvgIpc) is 3.37. The summed E-state index contributed by atoms with van der Waals surface area (Å²) < 4.78 is 46.9. The zero-order valence-corrected chi connectivity index (χ0v) is 16.7. The quantitative estimate of drug-likeness (QED) is 0.630. The molecule has 3 aromatic rings. The van der Waals surface area contributed by atoms with E-state index >= 15 is 0 Å². The van der Waals surface area contributed by atoms with Crippen molar-refractivity contribution in [2.24, 2.45) is 0 Å². The number of halogens is 3. The van der Waals surface area contributed by atoms with Crippen molar-refractivity contribution >= 4 is 27.5 Å². The van der Waals surface area contributed by atoms with Crippen LogP contribution in [0.4, 0.5) is 13.2 Å². The number of nitrogens with zero attached hydrogens (tertiary/aromatic N) is 1. The van der Waals surface area contributed by atoms with Gasteiger partial charge < -0.3 is 14.6 Å². The summed E-state index contributed by atoms with van der Waals surface area (Å²) in [4.78, 5) is 13.9. The van der Waals surface area contributed by atoms with Gasteiger partial charge in [0.05, 0.1) is 21.9 Å². The van der Waals surface area contributed by atoms with Gasteiger partial charge in [0.25, 0.3) is 5.91 Å². The fraction of sp³-hybridized carbons (Fsp3) is 0.381.